The normalized spacial score (nSPS) is 30.0. The summed E-state index contributed by atoms with van der Waals surface area (Å²) < 4.78 is 0. The monoisotopic (exact) mass is 293 g/mol. The first-order chi connectivity index (χ1) is 10.2. The second-order valence-corrected chi connectivity index (χ2v) is 8.14. The van der Waals surface area contributed by atoms with Crippen molar-refractivity contribution in [3.63, 3.8) is 0 Å². The minimum atomic E-state index is 0.709. The van der Waals surface area contributed by atoms with E-state index < -0.39 is 0 Å². The quantitative estimate of drug-likeness (QED) is 0.862. The largest absolute Gasteiger partial charge is 0.303 e. The summed E-state index contributed by atoms with van der Waals surface area (Å²) in [5.74, 6) is 1.96. The van der Waals surface area contributed by atoms with Crippen molar-refractivity contribution < 1.29 is 0 Å². The number of rotatable bonds is 3. The number of hydrogen-bond donors (Lipinski definition) is 1. The van der Waals surface area contributed by atoms with Gasteiger partial charge in [-0.2, -0.15) is 0 Å². The van der Waals surface area contributed by atoms with Crippen LogP contribution in [0.3, 0.4) is 0 Å². The van der Waals surface area contributed by atoms with Crippen LogP contribution >= 0.6 is 0 Å². The second-order valence-electron chi connectivity index (χ2n) is 8.14. The first-order valence-electron chi connectivity index (χ1n) is 9.34. The van der Waals surface area contributed by atoms with Gasteiger partial charge in [-0.25, -0.2) is 5.01 Å². The summed E-state index contributed by atoms with van der Waals surface area (Å²) >= 11 is 0. The van der Waals surface area contributed by atoms with E-state index in [2.05, 4.69) is 29.3 Å². The molecule has 2 saturated heterocycles. The molecule has 3 nitrogen and oxygen atoms in total. The van der Waals surface area contributed by atoms with Crippen LogP contribution in [-0.4, -0.2) is 49.7 Å². The Morgan fingerprint density at radius 2 is 1.52 bits per heavy atom. The number of hydrogen-bond acceptors (Lipinski definition) is 3. The minimum Gasteiger partial charge on any atom is -0.303 e. The summed E-state index contributed by atoms with van der Waals surface area (Å²) in [5.41, 5.74) is 4.03. The highest BCUT2D eigenvalue weighted by atomic mass is 15.5. The Bertz CT molecular complexity index is 304. The Balaban J connectivity index is 1.41. The van der Waals surface area contributed by atoms with E-state index in [-0.39, 0.29) is 0 Å². The van der Waals surface area contributed by atoms with Crippen LogP contribution in [0.1, 0.15) is 58.3 Å². The van der Waals surface area contributed by atoms with Gasteiger partial charge in [-0.1, -0.05) is 6.92 Å². The molecule has 0 radical (unpaired) electrons. The van der Waals surface area contributed by atoms with Crippen molar-refractivity contribution in [2.24, 2.45) is 17.3 Å². The van der Waals surface area contributed by atoms with E-state index in [1.54, 1.807) is 0 Å². The smallest absolute Gasteiger partial charge is 0.0136 e. The Morgan fingerprint density at radius 3 is 2.10 bits per heavy atom. The van der Waals surface area contributed by atoms with E-state index in [0.717, 1.165) is 11.8 Å². The number of piperidine rings is 2. The summed E-state index contributed by atoms with van der Waals surface area (Å²) in [6.07, 6.45) is 11.7. The molecule has 1 saturated carbocycles. The van der Waals surface area contributed by atoms with E-state index in [9.17, 15) is 0 Å². The van der Waals surface area contributed by atoms with Gasteiger partial charge in [0, 0.05) is 19.6 Å². The van der Waals surface area contributed by atoms with Crippen LogP contribution in [0.2, 0.25) is 0 Å². The molecule has 2 aliphatic heterocycles. The van der Waals surface area contributed by atoms with Crippen LogP contribution in [0.25, 0.3) is 0 Å². The number of likely N-dealkylation sites (tertiary alicyclic amines) is 1. The summed E-state index contributed by atoms with van der Waals surface area (Å²) in [5, 5.41) is 2.40. The van der Waals surface area contributed by atoms with Gasteiger partial charge in [-0.3, -0.25) is 5.43 Å². The summed E-state index contributed by atoms with van der Waals surface area (Å²) in [6.45, 7) is 9.04. The molecule has 0 aromatic rings. The van der Waals surface area contributed by atoms with Crippen molar-refractivity contribution in [1.29, 1.82) is 0 Å². The minimum absolute atomic E-state index is 0.709. The van der Waals surface area contributed by atoms with Gasteiger partial charge in [-0.15, -0.1) is 0 Å². The molecular formula is C18H35N3. The van der Waals surface area contributed by atoms with E-state index >= 15 is 0 Å². The van der Waals surface area contributed by atoms with Crippen LogP contribution in [0.15, 0.2) is 0 Å². The Hall–Kier alpha value is -0.120. The molecule has 21 heavy (non-hydrogen) atoms. The first kappa shape index (κ1) is 15.8. The highest BCUT2D eigenvalue weighted by Crippen LogP contribution is 2.46. The molecule has 1 N–H and O–H groups in total. The maximum absolute atomic E-state index is 3.32. The number of nitrogens with one attached hydrogen (secondary N) is 1. The Morgan fingerprint density at radius 1 is 0.905 bits per heavy atom. The van der Waals surface area contributed by atoms with Crippen molar-refractivity contribution in [3.05, 3.63) is 0 Å². The zero-order valence-corrected chi connectivity index (χ0v) is 14.2. The lowest BCUT2D eigenvalue weighted by molar-refractivity contribution is 0.0261. The van der Waals surface area contributed by atoms with Crippen LogP contribution in [0, 0.1) is 17.3 Å². The van der Waals surface area contributed by atoms with Gasteiger partial charge in [0.25, 0.3) is 0 Å². The van der Waals surface area contributed by atoms with E-state index in [1.807, 2.05) is 0 Å². The summed E-state index contributed by atoms with van der Waals surface area (Å²) in [4.78, 5) is 2.76. The molecule has 0 unspecified atom stereocenters. The van der Waals surface area contributed by atoms with Gasteiger partial charge < -0.3 is 4.90 Å². The highest BCUT2D eigenvalue weighted by Gasteiger charge is 2.38. The summed E-state index contributed by atoms with van der Waals surface area (Å²) in [7, 11) is 2.06. The number of nitrogens with zero attached hydrogens (tertiary/aromatic N) is 2. The molecule has 2 heterocycles. The zero-order chi connectivity index (χ0) is 14.7. The van der Waals surface area contributed by atoms with Crippen molar-refractivity contribution in [1.82, 2.24) is 15.3 Å². The molecular weight excluding hydrogens is 258 g/mol. The van der Waals surface area contributed by atoms with E-state index in [4.69, 9.17) is 0 Å². The molecule has 122 valence electrons. The maximum atomic E-state index is 3.32. The van der Waals surface area contributed by atoms with Gasteiger partial charge in [0.2, 0.25) is 0 Å². The highest BCUT2D eigenvalue weighted by molar-refractivity contribution is 4.90. The van der Waals surface area contributed by atoms with E-state index in [1.165, 1.54) is 84.1 Å². The second kappa shape index (κ2) is 6.97. The lowest BCUT2D eigenvalue weighted by Crippen LogP contribution is -2.47. The molecule has 1 aliphatic carbocycles. The van der Waals surface area contributed by atoms with Crippen LogP contribution < -0.4 is 5.43 Å². The van der Waals surface area contributed by atoms with Crippen LogP contribution in [0.5, 0.6) is 0 Å². The van der Waals surface area contributed by atoms with Crippen molar-refractivity contribution in [2.75, 3.05) is 39.8 Å². The molecule has 3 aliphatic rings. The fraction of sp³-hybridized carbons (Fsp3) is 1.00. The SMILES string of the molecule is CNN1CCC2(CCC(CN3CCC(C)CC3)CC2)CC1. The topological polar surface area (TPSA) is 18.5 Å². The third-order valence-corrected chi connectivity index (χ3v) is 6.70. The standard InChI is InChI=1S/C18H35N3/c1-16-5-11-20(12-6-16)15-17-3-7-18(8-4-17)9-13-21(19-2)14-10-18/h16-17,19H,3-15H2,1-2H3. The first-order valence-corrected chi connectivity index (χ1v) is 9.34. The Labute approximate surface area is 131 Å². The molecule has 3 rings (SSSR count). The molecule has 3 fully saturated rings. The average Bonchev–Trinajstić information content (AvgIpc) is 2.53. The van der Waals surface area contributed by atoms with Crippen LogP contribution in [0.4, 0.5) is 0 Å². The lowest BCUT2D eigenvalue weighted by Gasteiger charge is -2.46. The van der Waals surface area contributed by atoms with Crippen molar-refractivity contribution >= 4 is 0 Å². The van der Waals surface area contributed by atoms with E-state index in [0.29, 0.717) is 5.41 Å². The van der Waals surface area contributed by atoms with Gasteiger partial charge >= 0.3 is 0 Å². The fourth-order valence-electron chi connectivity index (χ4n) is 4.79. The zero-order valence-electron chi connectivity index (χ0n) is 14.2. The molecule has 0 bridgehead atoms. The maximum Gasteiger partial charge on any atom is 0.0136 e. The van der Waals surface area contributed by atoms with Gasteiger partial charge in [-0.05, 0) is 88.8 Å². The van der Waals surface area contributed by atoms with Crippen molar-refractivity contribution in [2.45, 2.75) is 58.3 Å². The van der Waals surface area contributed by atoms with Gasteiger partial charge in [0.15, 0.2) is 0 Å². The predicted octanol–water partition coefficient (Wildman–Crippen LogP) is 3.13. The van der Waals surface area contributed by atoms with Gasteiger partial charge in [0.1, 0.15) is 0 Å². The molecule has 0 atom stereocenters. The van der Waals surface area contributed by atoms with Gasteiger partial charge in [0.05, 0.1) is 0 Å². The lowest BCUT2D eigenvalue weighted by atomic mass is 9.65. The van der Waals surface area contributed by atoms with Crippen LogP contribution in [-0.2, 0) is 0 Å². The molecule has 0 aromatic heterocycles. The average molecular weight is 293 g/mol. The molecule has 1 spiro atoms. The number of hydrazine groups is 1. The Kier molecular flexibility index (Phi) is 5.23. The third-order valence-electron chi connectivity index (χ3n) is 6.70. The molecule has 0 amide bonds. The third kappa shape index (κ3) is 4.00. The summed E-state index contributed by atoms with van der Waals surface area (Å²) in [6, 6.07) is 0. The predicted molar refractivity (Wildman–Crippen MR) is 89.1 cm³/mol. The van der Waals surface area contributed by atoms with Crippen molar-refractivity contribution in [3.8, 4) is 0 Å². The molecule has 3 heteroatoms. The molecule has 0 aromatic carbocycles. The fourth-order valence-corrected chi connectivity index (χ4v) is 4.79.